The Morgan fingerprint density at radius 1 is 1.05 bits per heavy atom. The summed E-state index contributed by atoms with van der Waals surface area (Å²) in [5.41, 5.74) is 4.28. The molecule has 2 atom stereocenters. The number of hydrogen-bond acceptors (Lipinski definition) is 4. The second-order valence-corrected chi connectivity index (χ2v) is 11.9. The number of carbonyl (C=O) groups excluding carboxylic acids is 2. The molecular formula is C31H47N3O4. The summed E-state index contributed by atoms with van der Waals surface area (Å²) in [6.45, 7) is 12.6. The standard InChI is InChI=1S/C29H41N3O4.C2H6/c1-29(2,3)36-28(34)30-22-6-5-13-32(18-22)27(33)21-8-10-26-24(17-21)23-16-20(7-9-25(23)31(26)4)19-11-14-35-15-12-19;1-2/h8,10,17,19-20,22H,5-7,9,11-16,18H2,1-4H3,(H,30,34);1-2H3. The van der Waals surface area contributed by atoms with Crippen molar-refractivity contribution in [1.82, 2.24) is 14.8 Å². The first-order valence-electron chi connectivity index (χ1n) is 14.7. The molecule has 2 amide bonds. The average Bonchev–Trinajstić information content (AvgIpc) is 3.19. The Labute approximate surface area is 228 Å². The lowest BCUT2D eigenvalue weighted by Gasteiger charge is -2.34. The van der Waals surface area contributed by atoms with Gasteiger partial charge in [0.25, 0.3) is 5.91 Å². The summed E-state index contributed by atoms with van der Waals surface area (Å²) in [6, 6.07) is 6.11. The summed E-state index contributed by atoms with van der Waals surface area (Å²) in [5, 5.41) is 4.19. The molecule has 0 saturated carbocycles. The van der Waals surface area contributed by atoms with Gasteiger partial charge in [-0.05, 0) is 101 Å². The summed E-state index contributed by atoms with van der Waals surface area (Å²) in [6.07, 6.45) is 7.08. The zero-order chi connectivity index (χ0) is 27.4. The van der Waals surface area contributed by atoms with Crippen molar-refractivity contribution < 1.29 is 19.1 Å². The van der Waals surface area contributed by atoms with Crippen molar-refractivity contribution in [2.75, 3.05) is 26.3 Å². The fourth-order valence-electron chi connectivity index (χ4n) is 6.47. The number of likely N-dealkylation sites (tertiary alicyclic amines) is 1. The molecule has 7 nitrogen and oxygen atoms in total. The molecule has 2 aliphatic heterocycles. The van der Waals surface area contributed by atoms with Crippen LogP contribution in [0.15, 0.2) is 18.2 Å². The Bertz CT molecular complexity index is 1130. The minimum atomic E-state index is -0.539. The van der Waals surface area contributed by atoms with Crippen LogP contribution in [0.1, 0.15) is 88.3 Å². The van der Waals surface area contributed by atoms with Crippen LogP contribution >= 0.6 is 0 Å². The van der Waals surface area contributed by atoms with E-state index in [1.165, 1.54) is 41.4 Å². The van der Waals surface area contributed by atoms with Crippen molar-refractivity contribution in [2.45, 2.75) is 91.2 Å². The normalized spacial score (nSPS) is 22.3. The Morgan fingerprint density at radius 2 is 1.79 bits per heavy atom. The monoisotopic (exact) mass is 525 g/mol. The van der Waals surface area contributed by atoms with Crippen molar-refractivity contribution in [1.29, 1.82) is 0 Å². The zero-order valence-corrected chi connectivity index (χ0v) is 24.3. The number of aromatic nitrogens is 1. The summed E-state index contributed by atoms with van der Waals surface area (Å²) in [4.78, 5) is 27.7. The number of piperidine rings is 1. The lowest BCUT2D eigenvalue weighted by atomic mass is 9.75. The number of benzene rings is 1. The first-order valence-corrected chi connectivity index (χ1v) is 14.7. The van der Waals surface area contributed by atoms with Gasteiger partial charge in [0.1, 0.15) is 5.60 Å². The Kier molecular flexibility index (Phi) is 9.07. The van der Waals surface area contributed by atoms with E-state index < -0.39 is 11.7 Å². The van der Waals surface area contributed by atoms with Crippen LogP contribution in [0.25, 0.3) is 10.9 Å². The third-order valence-electron chi connectivity index (χ3n) is 8.26. The van der Waals surface area contributed by atoms with Crippen molar-refractivity contribution in [2.24, 2.45) is 18.9 Å². The molecule has 1 aromatic carbocycles. The second-order valence-electron chi connectivity index (χ2n) is 11.9. The number of nitrogens with one attached hydrogen (secondary N) is 1. The van der Waals surface area contributed by atoms with Gasteiger partial charge >= 0.3 is 6.09 Å². The lowest BCUT2D eigenvalue weighted by molar-refractivity contribution is 0.0438. The maximum Gasteiger partial charge on any atom is 0.407 e. The molecule has 1 aromatic heterocycles. The Hall–Kier alpha value is -2.54. The minimum Gasteiger partial charge on any atom is -0.444 e. The molecule has 2 saturated heterocycles. The van der Waals surface area contributed by atoms with E-state index in [9.17, 15) is 9.59 Å². The molecule has 5 rings (SSSR count). The average molecular weight is 526 g/mol. The van der Waals surface area contributed by atoms with Gasteiger partial charge in [-0.15, -0.1) is 0 Å². The van der Waals surface area contributed by atoms with E-state index in [4.69, 9.17) is 9.47 Å². The molecule has 0 bridgehead atoms. The topological polar surface area (TPSA) is 72.8 Å². The van der Waals surface area contributed by atoms with Crippen molar-refractivity contribution in [3.63, 3.8) is 0 Å². The number of carbonyl (C=O) groups is 2. The highest BCUT2D eigenvalue weighted by atomic mass is 16.6. The number of hydrogen-bond donors (Lipinski definition) is 1. The lowest BCUT2D eigenvalue weighted by Crippen LogP contribution is -2.50. The predicted octanol–water partition coefficient (Wildman–Crippen LogP) is 5.87. The Balaban J connectivity index is 0.00000164. The third-order valence-corrected chi connectivity index (χ3v) is 8.26. The Morgan fingerprint density at radius 3 is 2.50 bits per heavy atom. The smallest absolute Gasteiger partial charge is 0.407 e. The van der Waals surface area contributed by atoms with E-state index in [2.05, 4.69) is 29.1 Å². The largest absolute Gasteiger partial charge is 0.444 e. The molecule has 2 aromatic rings. The number of rotatable bonds is 3. The van der Waals surface area contributed by atoms with Gasteiger partial charge in [-0.25, -0.2) is 4.79 Å². The minimum absolute atomic E-state index is 0.0435. The van der Waals surface area contributed by atoms with Crippen LogP contribution in [0, 0.1) is 11.8 Å². The summed E-state index contributed by atoms with van der Waals surface area (Å²) in [5.74, 6) is 1.49. The van der Waals surface area contributed by atoms with E-state index in [-0.39, 0.29) is 11.9 Å². The number of amides is 2. The molecule has 7 heteroatoms. The van der Waals surface area contributed by atoms with Crippen molar-refractivity contribution in [3.05, 3.63) is 35.0 Å². The summed E-state index contributed by atoms with van der Waals surface area (Å²) < 4.78 is 13.4. The fraction of sp³-hybridized carbons (Fsp3) is 0.677. The van der Waals surface area contributed by atoms with E-state index in [0.717, 1.165) is 50.4 Å². The zero-order valence-electron chi connectivity index (χ0n) is 24.3. The molecule has 2 unspecified atom stereocenters. The molecule has 38 heavy (non-hydrogen) atoms. The van der Waals surface area contributed by atoms with E-state index >= 15 is 0 Å². The van der Waals surface area contributed by atoms with E-state index in [1.807, 2.05) is 45.6 Å². The number of fused-ring (bicyclic) bond motifs is 3. The van der Waals surface area contributed by atoms with Crippen molar-refractivity contribution >= 4 is 22.9 Å². The van der Waals surface area contributed by atoms with Gasteiger partial charge in [0.05, 0.1) is 0 Å². The maximum atomic E-state index is 13.6. The van der Waals surface area contributed by atoms with Gasteiger partial charge in [-0.3, -0.25) is 4.79 Å². The van der Waals surface area contributed by atoms with Crippen LogP contribution in [-0.2, 0) is 29.4 Å². The SMILES string of the molecule is CC.Cn1c2c(c3cc(C(=O)N4CCCC(NC(=O)OC(C)(C)C)C4)ccc31)CC(C1CCOCC1)CC2. The van der Waals surface area contributed by atoms with Gasteiger partial charge in [0, 0.05) is 61.6 Å². The van der Waals surface area contributed by atoms with Gasteiger partial charge in [-0.2, -0.15) is 0 Å². The van der Waals surface area contributed by atoms with Crippen LogP contribution in [0.4, 0.5) is 4.79 Å². The number of nitrogens with zero attached hydrogens (tertiary/aromatic N) is 2. The quantitative estimate of drug-likeness (QED) is 0.544. The highest BCUT2D eigenvalue weighted by Crippen LogP contribution is 2.39. The van der Waals surface area contributed by atoms with Gasteiger partial charge in [0.2, 0.25) is 0 Å². The first-order chi connectivity index (χ1) is 18.2. The molecule has 1 N–H and O–H groups in total. The van der Waals surface area contributed by atoms with Crippen molar-refractivity contribution in [3.8, 4) is 0 Å². The van der Waals surface area contributed by atoms with Gasteiger partial charge in [-0.1, -0.05) is 13.8 Å². The molecule has 3 aliphatic rings. The maximum absolute atomic E-state index is 13.6. The molecule has 0 spiro atoms. The molecule has 0 radical (unpaired) electrons. The summed E-state index contributed by atoms with van der Waals surface area (Å²) >= 11 is 0. The number of alkyl carbamates (subject to hydrolysis) is 1. The second kappa shape index (κ2) is 12.1. The van der Waals surface area contributed by atoms with Gasteiger partial charge < -0.3 is 24.3 Å². The van der Waals surface area contributed by atoms with Crippen LogP contribution in [0.2, 0.25) is 0 Å². The molecular weight excluding hydrogens is 478 g/mol. The number of aryl methyl sites for hydroxylation is 1. The van der Waals surface area contributed by atoms with Crippen LogP contribution in [0.5, 0.6) is 0 Å². The highest BCUT2D eigenvalue weighted by Gasteiger charge is 2.32. The molecule has 3 heterocycles. The summed E-state index contributed by atoms with van der Waals surface area (Å²) in [7, 11) is 2.16. The highest BCUT2D eigenvalue weighted by molar-refractivity contribution is 5.99. The van der Waals surface area contributed by atoms with Crippen LogP contribution < -0.4 is 5.32 Å². The predicted molar refractivity (Wildman–Crippen MR) is 152 cm³/mol. The molecule has 210 valence electrons. The molecule has 2 fully saturated rings. The van der Waals surface area contributed by atoms with Crippen LogP contribution in [0.3, 0.4) is 0 Å². The van der Waals surface area contributed by atoms with Crippen LogP contribution in [-0.4, -0.2) is 59.4 Å². The van der Waals surface area contributed by atoms with E-state index in [1.54, 1.807) is 0 Å². The third kappa shape index (κ3) is 6.36. The fourth-order valence-corrected chi connectivity index (χ4v) is 6.47. The first kappa shape index (κ1) is 28.5. The van der Waals surface area contributed by atoms with Gasteiger partial charge in [0.15, 0.2) is 0 Å². The van der Waals surface area contributed by atoms with E-state index in [0.29, 0.717) is 19.0 Å². The molecule has 1 aliphatic carbocycles. The number of ether oxygens (including phenoxy) is 2.